The van der Waals surface area contributed by atoms with Crippen LogP contribution in [0.4, 0.5) is 0 Å². The molecule has 0 saturated heterocycles. The van der Waals surface area contributed by atoms with Crippen LogP contribution < -0.4 is 0 Å². The van der Waals surface area contributed by atoms with Crippen LogP contribution in [0.5, 0.6) is 0 Å². The molecule has 0 aliphatic rings. The monoisotopic (exact) mass is 173 g/mol. The molecule has 0 bridgehead atoms. The second-order valence-electron chi connectivity index (χ2n) is 2.05. The average Bonchev–Trinajstić information content (AvgIpc) is 2.14. The zero-order valence-electron chi connectivity index (χ0n) is 6.40. The van der Waals surface area contributed by atoms with Crippen molar-refractivity contribution < 1.29 is 0 Å². The lowest BCUT2D eigenvalue weighted by Gasteiger charge is -1.85. The highest BCUT2D eigenvalue weighted by molar-refractivity contribution is 8.06. The fraction of sp³-hybridized carbons (Fsp3) is 0. The minimum Gasteiger partial charge on any atom is -0.185 e. The van der Waals surface area contributed by atoms with E-state index in [-0.39, 0.29) is 0 Å². The highest BCUT2D eigenvalue weighted by Crippen LogP contribution is 2.01. The Morgan fingerprint density at radius 3 is 2.67 bits per heavy atom. The molecule has 0 aromatic heterocycles. The van der Waals surface area contributed by atoms with E-state index in [1.54, 1.807) is 5.41 Å². The Balaban J connectivity index is 2.65. The molecule has 0 N–H and O–H groups in total. The smallest absolute Gasteiger partial charge is 0.138 e. The summed E-state index contributed by atoms with van der Waals surface area (Å²) in [7, 11) is 0. The van der Waals surface area contributed by atoms with E-state index in [4.69, 9.17) is 5.26 Å². The Morgan fingerprint density at radius 2 is 2.00 bits per heavy atom. The third-order valence-electron chi connectivity index (χ3n) is 1.23. The summed E-state index contributed by atoms with van der Waals surface area (Å²) in [4.78, 5) is 0. The lowest BCUT2D eigenvalue weighted by Crippen LogP contribution is -1.64. The van der Waals surface area contributed by atoms with Crippen LogP contribution in [0.25, 0.3) is 6.08 Å². The largest absolute Gasteiger partial charge is 0.185 e. The zero-order valence-corrected chi connectivity index (χ0v) is 7.21. The second-order valence-corrected chi connectivity index (χ2v) is 2.70. The summed E-state index contributed by atoms with van der Waals surface area (Å²) in [5, 5.41) is 11.8. The van der Waals surface area contributed by atoms with Crippen LogP contribution in [0.2, 0.25) is 0 Å². The van der Waals surface area contributed by atoms with Gasteiger partial charge >= 0.3 is 0 Å². The van der Waals surface area contributed by atoms with Crippen molar-refractivity contribution in [2.24, 2.45) is 0 Å². The first-order valence-electron chi connectivity index (χ1n) is 3.44. The van der Waals surface area contributed by atoms with Crippen molar-refractivity contribution in [2.45, 2.75) is 0 Å². The third-order valence-corrected chi connectivity index (χ3v) is 1.59. The molecule has 12 heavy (non-hydrogen) atoms. The van der Waals surface area contributed by atoms with Crippen molar-refractivity contribution in [3.63, 3.8) is 0 Å². The summed E-state index contributed by atoms with van der Waals surface area (Å²) in [6.45, 7) is 0. The van der Waals surface area contributed by atoms with Gasteiger partial charge < -0.3 is 0 Å². The lowest BCUT2D eigenvalue weighted by atomic mass is 10.2. The maximum absolute atomic E-state index is 8.19. The summed E-state index contributed by atoms with van der Waals surface area (Å²) in [5.41, 5.74) is 3.98. The van der Waals surface area contributed by atoms with Crippen LogP contribution in [-0.2, 0) is 0 Å². The van der Waals surface area contributed by atoms with Gasteiger partial charge in [-0.05, 0) is 23.4 Å². The van der Waals surface area contributed by atoms with E-state index >= 15 is 0 Å². The fourth-order valence-corrected chi connectivity index (χ4v) is 0.929. The molecule has 0 atom stereocenters. The molecule has 2 heteroatoms. The fourth-order valence-electron chi connectivity index (χ4n) is 0.740. The molecule has 0 unspecified atom stereocenters. The van der Waals surface area contributed by atoms with Crippen molar-refractivity contribution >= 4 is 17.8 Å². The van der Waals surface area contributed by atoms with Crippen LogP contribution >= 0.6 is 11.8 Å². The van der Waals surface area contributed by atoms with Gasteiger partial charge in [0.2, 0.25) is 0 Å². The van der Waals surface area contributed by atoms with E-state index in [1.165, 1.54) is 0 Å². The molecule has 0 amide bonds. The van der Waals surface area contributed by atoms with Gasteiger partial charge in [-0.1, -0.05) is 30.3 Å². The van der Waals surface area contributed by atoms with Crippen LogP contribution in [0.15, 0.2) is 41.5 Å². The van der Waals surface area contributed by atoms with Gasteiger partial charge in [0.1, 0.15) is 5.40 Å². The highest BCUT2D eigenvalue weighted by atomic mass is 32.2. The van der Waals surface area contributed by atoms with Gasteiger partial charge in [0.25, 0.3) is 0 Å². The third kappa shape index (κ3) is 3.12. The van der Waals surface area contributed by atoms with Crippen LogP contribution in [-0.4, -0.2) is 0 Å². The molecule has 0 radical (unpaired) electrons. The van der Waals surface area contributed by atoms with Crippen LogP contribution in [0, 0.1) is 10.7 Å². The number of nitrogens with zero attached hydrogens (tertiary/aromatic N) is 1. The van der Waals surface area contributed by atoms with Gasteiger partial charge in [0.05, 0.1) is 0 Å². The van der Waals surface area contributed by atoms with Crippen molar-refractivity contribution in [3.8, 4) is 5.40 Å². The maximum Gasteiger partial charge on any atom is 0.138 e. The summed E-state index contributed by atoms with van der Waals surface area (Å²) in [6.07, 6.45) is 1.84. The predicted molar refractivity (Wildman–Crippen MR) is 52.2 cm³/mol. The molecule has 1 aromatic rings. The molecular weight excluding hydrogens is 166 g/mol. The molecule has 1 rings (SSSR count). The molecule has 0 aliphatic carbocycles. The van der Waals surface area contributed by atoms with Crippen molar-refractivity contribution in [2.75, 3.05) is 0 Å². The van der Waals surface area contributed by atoms with Gasteiger partial charge in [-0.3, -0.25) is 0 Å². The Hall–Kier alpha value is -1.42. The highest BCUT2D eigenvalue weighted by Gasteiger charge is 1.78. The van der Waals surface area contributed by atoms with E-state index < -0.39 is 0 Å². The molecule has 0 heterocycles. The minimum atomic E-state index is 1.07. The molecule has 0 saturated carbocycles. The Morgan fingerprint density at radius 1 is 1.25 bits per heavy atom. The summed E-state index contributed by atoms with van der Waals surface area (Å²) in [6, 6.07) is 9.86. The number of benzene rings is 1. The average molecular weight is 173 g/mol. The molecule has 0 fully saturated rings. The van der Waals surface area contributed by atoms with Gasteiger partial charge in [0.15, 0.2) is 0 Å². The first-order chi connectivity index (χ1) is 5.93. The summed E-state index contributed by atoms with van der Waals surface area (Å²) >= 11 is 1.07. The molecule has 58 valence electrons. The first-order valence-corrected chi connectivity index (χ1v) is 4.32. The van der Waals surface area contributed by atoms with Crippen LogP contribution in [0.1, 0.15) is 5.56 Å². The zero-order chi connectivity index (χ0) is 8.65. The van der Waals surface area contributed by atoms with Gasteiger partial charge in [-0.25, -0.2) is 0 Å². The Kier molecular flexibility index (Phi) is 3.80. The number of thioether (sulfide) groups is 1. The van der Waals surface area contributed by atoms with Gasteiger partial charge in [-0.15, -0.1) is 5.73 Å². The van der Waals surface area contributed by atoms with E-state index in [0.29, 0.717) is 0 Å². The molecular formula is C10H7NS. The summed E-state index contributed by atoms with van der Waals surface area (Å²) < 4.78 is 0. The number of rotatable bonds is 2. The second kappa shape index (κ2) is 5.26. The number of hydrogen-bond donors (Lipinski definition) is 0. The molecule has 0 aliphatic heterocycles. The van der Waals surface area contributed by atoms with Crippen molar-refractivity contribution in [1.82, 2.24) is 0 Å². The minimum absolute atomic E-state index is 1.07. The first kappa shape index (κ1) is 8.67. The van der Waals surface area contributed by atoms with E-state index in [9.17, 15) is 0 Å². The quantitative estimate of drug-likeness (QED) is 0.507. The molecule has 0 spiro atoms. The molecule has 1 aromatic carbocycles. The lowest BCUT2D eigenvalue weighted by molar-refractivity contribution is 1.57. The topological polar surface area (TPSA) is 23.8 Å². The van der Waals surface area contributed by atoms with Crippen LogP contribution in [0.3, 0.4) is 0 Å². The van der Waals surface area contributed by atoms with E-state index in [1.807, 2.05) is 41.8 Å². The Bertz CT molecular complexity index is 329. The predicted octanol–water partition coefficient (Wildman–Crippen LogP) is 3.03. The number of hydrogen-bond acceptors (Lipinski definition) is 2. The molecule has 1 nitrogen and oxygen atoms in total. The number of thiocyanates is 1. The SMILES string of the molecule is N#CSC=C=Cc1ccccc1. The van der Waals surface area contributed by atoms with E-state index in [2.05, 4.69) is 5.73 Å². The maximum atomic E-state index is 8.19. The van der Waals surface area contributed by atoms with Gasteiger partial charge in [0, 0.05) is 5.41 Å². The van der Waals surface area contributed by atoms with Gasteiger partial charge in [-0.2, -0.15) is 5.26 Å². The summed E-state index contributed by atoms with van der Waals surface area (Å²) in [5.74, 6) is 0. The standard InChI is InChI=1S/C10H7NS/c11-9-12-8-4-7-10-5-2-1-3-6-10/h1-3,5-8H. The number of nitriles is 1. The van der Waals surface area contributed by atoms with E-state index in [0.717, 1.165) is 17.3 Å². The Labute approximate surface area is 76.0 Å². The van der Waals surface area contributed by atoms with Crippen molar-refractivity contribution in [1.29, 1.82) is 5.26 Å². The normalized spacial score (nSPS) is 7.92. The van der Waals surface area contributed by atoms with Crippen molar-refractivity contribution in [3.05, 3.63) is 47.0 Å².